The van der Waals surface area contributed by atoms with Crippen LogP contribution in [0.2, 0.25) is 0 Å². The number of nitrogens with zero attached hydrogens (tertiary/aromatic N) is 3. The van der Waals surface area contributed by atoms with Crippen molar-refractivity contribution in [2.45, 2.75) is 0 Å². The van der Waals surface area contributed by atoms with Crippen molar-refractivity contribution in [2.75, 3.05) is 24.0 Å². The van der Waals surface area contributed by atoms with Crippen molar-refractivity contribution in [1.29, 1.82) is 0 Å². The molecule has 0 bridgehead atoms. The van der Waals surface area contributed by atoms with E-state index in [2.05, 4.69) is 46.3 Å². The summed E-state index contributed by atoms with van der Waals surface area (Å²) in [6.45, 7) is 1.20. The van der Waals surface area contributed by atoms with E-state index in [0.717, 1.165) is 10.9 Å². The number of thioether (sulfide) groups is 1. The zero-order valence-electron chi connectivity index (χ0n) is 12.0. The maximum atomic E-state index is 11.8. The van der Waals surface area contributed by atoms with E-state index in [1.165, 1.54) is 22.9 Å². The first-order valence-corrected chi connectivity index (χ1v) is 8.18. The zero-order chi connectivity index (χ0) is 14.9. The summed E-state index contributed by atoms with van der Waals surface area (Å²) in [6, 6.07) is 18.7. The van der Waals surface area contributed by atoms with E-state index in [1.807, 2.05) is 18.2 Å². The van der Waals surface area contributed by atoms with Gasteiger partial charge in [0.1, 0.15) is 13.3 Å². The molecule has 2 aromatic rings. The third-order valence-corrected chi connectivity index (χ3v) is 4.88. The number of amides is 1. The molecular weight excluding hydrogens is 294 g/mol. The average molecular weight is 309 g/mol. The molecule has 2 heterocycles. The largest absolute Gasteiger partial charge is 0.334 e. The molecule has 2 aromatic carbocycles. The summed E-state index contributed by atoms with van der Waals surface area (Å²) in [5.41, 5.74) is 3.49. The number of hydrogen-bond acceptors (Lipinski definition) is 4. The molecule has 1 amide bonds. The molecule has 0 atom stereocenters. The molecule has 0 aromatic heterocycles. The van der Waals surface area contributed by atoms with Crippen LogP contribution >= 0.6 is 11.8 Å². The highest BCUT2D eigenvalue weighted by molar-refractivity contribution is 8.15. The summed E-state index contributed by atoms with van der Waals surface area (Å²) >= 11 is 1.53. The van der Waals surface area contributed by atoms with E-state index in [4.69, 9.17) is 0 Å². The second-order valence-electron chi connectivity index (χ2n) is 5.29. The molecule has 4 nitrogen and oxygen atoms in total. The van der Waals surface area contributed by atoms with Crippen molar-refractivity contribution >= 4 is 28.5 Å². The van der Waals surface area contributed by atoms with Crippen LogP contribution in [0.3, 0.4) is 0 Å². The number of amidine groups is 1. The lowest BCUT2D eigenvalue weighted by Crippen LogP contribution is -2.45. The molecule has 1 saturated heterocycles. The number of anilines is 1. The average Bonchev–Trinajstić information content (AvgIpc) is 2.96. The van der Waals surface area contributed by atoms with Crippen LogP contribution in [0.15, 0.2) is 59.6 Å². The molecule has 2 aliphatic heterocycles. The number of benzene rings is 2. The Morgan fingerprint density at radius 3 is 2.45 bits per heavy atom. The summed E-state index contributed by atoms with van der Waals surface area (Å²) < 4.78 is 0. The van der Waals surface area contributed by atoms with Gasteiger partial charge in [0.25, 0.3) is 0 Å². The van der Waals surface area contributed by atoms with Crippen LogP contribution in [0.5, 0.6) is 0 Å². The molecule has 0 aliphatic carbocycles. The van der Waals surface area contributed by atoms with Gasteiger partial charge in [0.15, 0.2) is 5.17 Å². The van der Waals surface area contributed by atoms with E-state index >= 15 is 0 Å². The Bertz CT molecular complexity index is 727. The predicted molar refractivity (Wildman–Crippen MR) is 90.8 cm³/mol. The highest BCUT2D eigenvalue weighted by Gasteiger charge is 2.32. The fourth-order valence-corrected chi connectivity index (χ4v) is 3.55. The lowest BCUT2D eigenvalue weighted by atomic mass is 10.1. The highest BCUT2D eigenvalue weighted by atomic mass is 32.2. The van der Waals surface area contributed by atoms with Gasteiger partial charge in [0, 0.05) is 5.69 Å². The van der Waals surface area contributed by atoms with Gasteiger partial charge >= 0.3 is 0 Å². The summed E-state index contributed by atoms with van der Waals surface area (Å²) in [5.74, 6) is 0.661. The van der Waals surface area contributed by atoms with Crippen molar-refractivity contribution in [3.8, 4) is 11.1 Å². The number of aliphatic imine (C=N–C) groups is 1. The topological polar surface area (TPSA) is 35.9 Å². The third kappa shape index (κ3) is 2.37. The van der Waals surface area contributed by atoms with E-state index in [0.29, 0.717) is 19.1 Å². The van der Waals surface area contributed by atoms with Crippen LogP contribution in [0, 0.1) is 0 Å². The molecule has 1 fully saturated rings. The Kier molecular flexibility index (Phi) is 3.35. The molecule has 4 rings (SSSR count). The van der Waals surface area contributed by atoms with Crippen molar-refractivity contribution in [3.05, 3.63) is 54.6 Å². The first-order valence-electron chi connectivity index (χ1n) is 7.19. The smallest absolute Gasteiger partial charge is 0.240 e. The van der Waals surface area contributed by atoms with Crippen LogP contribution in [0.4, 0.5) is 5.69 Å². The Hall–Kier alpha value is -2.27. The van der Waals surface area contributed by atoms with Gasteiger partial charge in [0.05, 0.1) is 5.75 Å². The van der Waals surface area contributed by atoms with Crippen molar-refractivity contribution in [3.63, 3.8) is 0 Å². The molecule has 5 heteroatoms. The zero-order valence-corrected chi connectivity index (χ0v) is 12.8. The molecule has 0 unspecified atom stereocenters. The van der Waals surface area contributed by atoms with Gasteiger partial charge in [-0.3, -0.25) is 9.69 Å². The SMILES string of the molecule is O=C1CSC2=NCN(c3ccc(-c4ccccc4)cc3)CN12. The molecule has 0 N–H and O–H groups in total. The fraction of sp³-hybridized carbons (Fsp3) is 0.176. The van der Waals surface area contributed by atoms with Crippen LogP contribution in [0.1, 0.15) is 0 Å². The van der Waals surface area contributed by atoms with Gasteiger partial charge < -0.3 is 4.90 Å². The standard InChI is InChI=1S/C17H15N3OS/c21-16-10-22-17-18-11-19(12-20(16)17)15-8-6-14(7-9-15)13-4-2-1-3-5-13/h1-9H,10-12H2. The third-order valence-electron chi connectivity index (χ3n) is 3.89. The summed E-state index contributed by atoms with van der Waals surface area (Å²) in [7, 11) is 0. The van der Waals surface area contributed by atoms with Gasteiger partial charge in [0.2, 0.25) is 5.91 Å². The van der Waals surface area contributed by atoms with Gasteiger partial charge in [-0.25, -0.2) is 4.99 Å². The minimum Gasteiger partial charge on any atom is -0.334 e. The van der Waals surface area contributed by atoms with Crippen LogP contribution in [-0.4, -0.2) is 35.1 Å². The number of fused-ring (bicyclic) bond motifs is 1. The fourth-order valence-electron chi connectivity index (χ4n) is 2.68. The van der Waals surface area contributed by atoms with Crippen molar-refractivity contribution < 1.29 is 4.79 Å². The Morgan fingerprint density at radius 2 is 1.68 bits per heavy atom. The van der Waals surface area contributed by atoms with Crippen molar-refractivity contribution in [2.24, 2.45) is 4.99 Å². The predicted octanol–water partition coefficient (Wildman–Crippen LogP) is 3.02. The number of carbonyl (C=O) groups excluding carboxylic acids is 1. The Labute approximate surface area is 133 Å². The molecule has 0 radical (unpaired) electrons. The molecule has 0 spiro atoms. The van der Waals surface area contributed by atoms with Crippen LogP contribution in [-0.2, 0) is 4.79 Å². The van der Waals surface area contributed by atoms with E-state index < -0.39 is 0 Å². The lowest BCUT2D eigenvalue weighted by molar-refractivity contribution is -0.124. The molecule has 0 saturated carbocycles. The maximum absolute atomic E-state index is 11.8. The van der Waals surface area contributed by atoms with Gasteiger partial charge in [-0.15, -0.1) is 0 Å². The number of carbonyl (C=O) groups is 1. The quantitative estimate of drug-likeness (QED) is 0.855. The molecule has 2 aliphatic rings. The first kappa shape index (κ1) is 13.4. The second-order valence-corrected chi connectivity index (χ2v) is 6.23. The Morgan fingerprint density at radius 1 is 0.955 bits per heavy atom. The van der Waals surface area contributed by atoms with E-state index in [1.54, 1.807) is 4.90 Å². The Balaban J connectivity index is 1.56. The van der Waals surface area contributed by atoms with Gasteiger partial charge in [-0.2, -0.15) is 0 Å². The summed E-state index contributed by atoms with van der Waals surface area (Å²) in [6.07, 6.45) is 0. The minimum atomic E-state index is 0.148. The minimum absolute atomic E-state index is 0.148. The lowest BCUT2D eigenvalue weighted by Gasteiger charge is -2.32. The number of hydrogen-bond donors (Lipinski definition) is 0. The van der Waals surface area contributed by atoms with Crippen molar-refractivity contribution in [1.82, 2.24) is 4.90 Å². The second kappa shape index (κ2) is 5.50. The van der Waals surface area contributed by atoms with E-state index in [-0.39, 0.29) is 5.91 Å². The van der Waals surface area contributed by atoms with Gasteiger partial charge in [-0.05, 0) is 23.3 Å². The molecule has 22 heavy (non-hydrogen) atoms. The monoisotopic (exact) mass is 309 g/mol. The molecule has 110 valence electrons. The summed E-state index contributed by atoms with van der Waals surface area (Å²) in [4.78, 5) is 20.2. The van der Waals surface area contributed by atoms with E-state index in [9.17, 15) is 4.79 Å². The summed E-state index contributed by atoms with van der Waals surface area (Å²) in [5, 5.41) is 0.863. The first-order chi connectivity index (χ1) is 10.8. The van der Waals surface area contributed by atoms with Gasteiger partial charge in [-0.1, -0.05) is 54.2 Å². The van der Waals surface area contributed by atoms with Crippen LogP contribution < -0.4 is 4.90 Å². The van der Waals surface area contributed by atoms with Crippen LogP contribution in [0.25, 0.3) is 11.1 Å². The highest BCUT2D eigenvalue weighted by Crippen LogP contribution is 2.27. The number of rotatable bonds is 2. The molecular formula is C17H15N3OS. The maximum Gasteiger partial charge on any atom is 0.240 e. The normalized spacial score (nSPS) is 17.5.